The fraction of sp³-hybridized carbons (Fsp3) is 0.400. The molecular formula is C15H18N4O3. The Labute approximate surface area is 128 Å². The molecule has 2 aliphatic heterocycles. The SMILES string of the molecule is CNc1ccccc1N1CCC2(CC1)C(=O)NC(=O)N2C=O. The highest BCUT2D eigenvalue weighted by atomic mass is 16.2. The van der Waals surface area contributed by atoms with E-state index in [0.717, 1.165) is 16.3 Å². The van der Waals surface area contributed by atoms with Crippen molar-refractivity contribution >= 4 is 29.7 Å². The third kappa shape index (κ3) is 2.01. The summed E-state index contributed by atoms with van der Waals surface area (Å²) in [6, 6.07) is 7.30. The lowest BCUT2D eigenvalue weighted by molar-refractivity contribution is -0.133. The van der Waals surface area contributed by atoms with E-state index in [2.05, 4.69) is 15.5 Å². The van der Waals surface area contributed by atoms with Gasteiger partial charge in [0, 0.05) is 20.1 Å². The Kier molecular flexibility index (Phi) is 3.48. The summed E-state index contributed by atoms with van der Waals surface area (Å²) in [5, 5.41) is 5.39. The number of imide groups is 2. The van der Waals surface area contributed by atoms with Crippen LogP contribution < -0.4 is 15.5 Å². The smallest absolute Gasteiger partial charge is 0.331 e. The van der Waals surface area contributed by atoms with Crippen LogP contribution in [0.5, 0.6) is 0 Å². The van der Waals surface area contributed by atoms with Crippen LogP contribution in [0.1, 0.15) is 12.8 Å². The minimum atomic E-state index is -1.02. The molecule has 116 valence electrons. The monoisotopic (exact) mass is 302 g/mol. The Morgan fingerprint density at radius 1 is 1.23 bits per heavy atom. The molecule has 0 atom stereocenters. The largest absolute Gasteiger partial charge is 0.386 e. The summed E-state index contributed by atoms with van der Waals surface area (Å²) in [5.74, 6) is -0.369. The molecule has 7 nitrogen and oxygen atoms in total. The molecule has 2 saturated heterocycles. The van der Waals surface area contributed by atoms with E-state index >= 15 is 0 Å². The summed E-state index contributed by atoms with van der Waals surface area (Å²) >= 11 is 0. The number of carbonyl (C=O) groups is 3. The molecule has 2 fully saturated rings. The third-order valence-electron chi connectivity index (χ3n) is 4.53. The molecule has 0 unspecified atom stereocenters. The second-order valence-electron chi connectivity index (χ2n) is 5.52. The molecule has 3 rings (SSSR count). The first-order chi connectivity index (χ1) is 10.6. The van der Waals surface area contributed by atoms with Crippen LogP contribution in [0.3, 0.4) is 0 Å². The Hall–Kier alpha value is -2.57. The Morgan fingerprint density at radius 3 is 2.55 bits per heavy atom. The van der Waals surface area contributed by atoms with E-state index in [4.69, 9.17) is 0 Å². The number of nitrogens with zero attached hydrogens (tertiary/aromatic N) is 2. The van der Waals surface area contributed by atoms with Gasteiger partial charge in [-0.3, -0.25) is 19.8 Å². The number of piperidine rings is 1. The highest BCUT2D eigenvalue weighted by molar-refractivity contribution is 6.11. The zero-order chi connectivity index (χ0) is 15.7. The standard InChI is InChI=1S/C15H18N4O3/c1-16-11-4-2-3-5-12(11)18-8-6-15(7-9-18)13(21)17-14(22)19(15)10-20/h2-5,10,16H,6-9H2,1H3,(H,17,21,22). The van der Waals surface area contributed by atoms with Gasteiger partial charge in [0.15, 0.2) is 0 Å². The van der Waals surface area contributed by atoms with Crippen LogP contribution in [-0.2, 0) is 9.59 Å². The van der Waals surface area contributed by atoms with Crippen molar-refractivity contribution in [2.24, 2.45) is 0 Å². The summed E-state index contributed by atoms with van der Waals surface area (Å²) in [7, 11) is 1.86. The molecule has 0 aliphatic carbocycles. The molecule has 2 heterocycles. The van der Waals surface area contributed by atoms with Gasteiger partial charge in [-0.2, -0.15) is 0 Å². The van der Waals surface area contributed by atoms with Crippen molar-refractivity contribution in [2.45, 2.75) is 18.4 Å². The molecule has 0 bridgehead atoms. The topological polar surface area (TPSA) is 81.8 Å². The van der Waals surface area contributed by atoms with Gasteiger partial charge in [0.2, 0.25) is 6.41 Å². The first kappa shape index (κ1) is 14.4. The average Bonchev–Trinajstić information content (AvgIpc) is 2.78. The molecule has 0 aromatic heterocycles. The number of rotatable bonds is 3. The number of para-hydroxylation sites is 2. The predicted octanol–water partition coefficient (Wildman–Crippen LogP) is 0.775. The summed E-state index contributed by atoms with van der Waals surface area (Å²) in [6.45, 7) is 1.20. The molecular weight excluding hydrogens is 284 g/mol. The molecule has 1 aromatic carbocycles. The molecule has 0 saturated carbocycles. The third-order valence-corrected chi connectivity index (χ3v) is 4.53. The second-order valence-corrected chi connectivity index (χ2v) is 5.52. The van der Waals surface area contributed by atoms with Gasteiger partial charge in [-0.1, -0.05) is 12.1 Å². The van der Waals surface area contributed by atoms with Crippen molar-refractivity contribution in [3.8, 4) is 0 Å². The number of urea groups is 1. The van der Waals surface area contributed by atoms with Crippen LogP contribution in [0, 0.1) is 0 Å². The van der Waals surface area contributed by atoms with E-state index in [-0.39, 0.29) is 5.91 Å². The number of hydrogen-bond donors (Lipinski definition) is 2. The summed E-state index contributed by atoms with van der Waals surface area (Å²) in [6.07, 6.45) is 1.32. The fourth-order valence-electron chi connectivity index (χ4n) is 3.27. The number of hydrogen-bond acceptors (Lipinski definition) is 5. The van der Waals surface area contributed by atoms with Gasteiger partial charge in [-0.25, -0.2) is 4.79 Å². The molecule has 2 aliphatic rings. The molecule has 7 heteroatoms. The van der Waals surface area contributed by atoms with Crippen LogP contribution >= 0.6 is 0 Å². The van der Waals surface area contributed by atoms with Gasteiger partial charge in [0.05, 0.1) is 11.4 Å². The Bertz CT molecular complexity index is 623. The Morgan fingerprint density at radius 2 is 1.91 bits per heavy atom. The van der Waals surface area contributed by atoms with Crippen molar-refractivity contribution in [3.05, 3.63) is 24.3 Å². The van der Waals surface area contributed by atoms with Crippen molar-refractivity contribution in [1.82, 2.24) is 10.2 Å². The lowest BCUT2D eigenvalue weighted by Gasteiger charge is -2.41. The highest BCUT2D eigenvalue weighted by Gasteiger charge is 2.54. The van der Waals surface area contributed by atoms with Gasteiger partial charge < -0.3 is 10.2 Å². The number of nitrogens with one attached hydrogen (secondary N) is 2. The molecule has 22 heavy (non-hydrogen) atoms. The maximum atomic E-state index is 12.1. The van der Waals surface area contributed by atoms with Crippen molar-refractivity contribution in [2.75, 3.05) is 30.4 Å². The zero-order valence-corrected chi connectivity index (χ0v) is 12.3. The molecule has 4 amide bonds. The van der Waals surface area contributed by atoms with E-state index in [0.29, 0.717) is 32.3 Å². The fourth-order valence-corrected chi connectivity index (χ4v) is 3.27. The van der Waals surface area contributed by atoms with Gasteiger partial charge in [-0.05, 0) is 25.0 Å². The minimum absolute atomic E-state index is 0.369. The highest BCUT2D eigenvalue weighted by Crippen LogP contribution is 2.35. The molecule has 2 N–H and O–H groups in total. The molecule has 0 radical (unpaired) electrons. The van der Waals surface area contributed by atoms with Crippen LogP contribution in [0.25, 0.3) is 0 Å². The van der Waals surface area contributed by atoms with Crippen LogP contribution in [0.15, 0.2) is 24.3 Å². The maximum absolute atomic E-state index is 12.1. The summed E-state index contributed by atoms with van der Waals surface area (Å²) in [4.78, 5) is 38.2. The van der Waals surface area contributed by atoms with Gasteiger partial charge in [0.1, 0.15) is 5.54 Å². The normalized spacial score (nSPS) is 20.2. The number of benzene rings is 1. The average molecular weight is 302 g/mol. The molecule has 1 aromatic rings. The summed E-state index contributed by atoms with van der Waals surface area (Å²) in [5.41, 5.74) is 1.05. The lowest BCUT2D eigenvalue weighted by Crippen LogP contribution is -2.56. The van der Waals surface area contributed by atoms with Crippen LogP contribution in [0.2, 0.25) is 0 Å². The maximum Gasteiger partial charge on any atom is 0.331 e. The minimum Gasteiger partial charge on any atom is -0.386 e. The van der Waals surface area contributed by atoms with E-state index in [1.165, 1.54) is 0 Å². The number of amides is 4. The first-order valence-corrected chi connectivity index (χ1v) is 7.24. The number of carbonyl (C=O) groups excluding carboxylic acids is 3. The van der Waals surface area contributed by atoms with E-state index < -0.39 is 11.6 Å². The second kappa shape index (κ2) is 5.32. The quantitative estimate of drug-likeness (QED) is 0.637. The summed E-state index contributed by atoms with van der Waals surface area (Å²) < 4.78 is 0. The Balaban J connectivity index is 1.82. The van der Waals surface area contributed by atoms with Crippen molar-refractivity contribution in [3.63, 3.8) is 0 Å². The van der Waals surface area contributed by atoms with Gasteiger partial charge in [0.25, 0.3) is 5.91 Å². The van der Waals surface area contributed by atoms with Crippen molar-refractivity contribution in [1.29, 1.82) is 0 Å². The van der Waals surface area contributed by atoms with E-state index in [9.17, 15) is 14.4 Å². The van der Waals surface area contributed by atoms with E-state index in [1.807, 2.05) is 31.3 Å². The first-order valence-electron chi connectivity index (χ1n) is 7.24. The lowest BCUT2D eigenvalue weighted by atomic mass is 9.86. The predicted molar refractivity (Wildman–Crippen MR) is 81.6 cm³/mol. The van der Waals surface area contributed by atoms with E-state index in [1.54, 1.807) is 0 Å². The van der Waals surface area contributed by atoms with Gasteiger partial charge >= 0.3 is 6.03 Å². The number of anilines is 2. The van der Waals surface area contributed by atoms with Crippen molar-refractivity contribution < 1.29 is 14.4 Å². The van der Waals surface area contributed by atoms with Gasteiger partial charge in [-0.15, -0.1) is 0 Å². The zero-order valence-electron chi connectivity index (χ0n) is 12.3. The van der Waals surface area contributed by atoms with Crippen LogP contribution in [0.4, 0.5) is 16.2 Å². The molecule has 1 spiro atoms. The van der Waals surface area contributed by atoms with Crippen LogP contribution in [-0.4, -0.2) is 48.9 Å².